The lowest BCUT2D eigenvalue weighted by molar-refractivity contribution is 0.394. The van der Waals surface area contributed by atoms with Crippen LogP contribution in [-0.4, -0.2) is 5.25 Å². The summed E-state index contributed by atoms with van der Waals surface area (Å²) in [5.74, 6) is 0.860. The second-order valence-electron chi connectivity index (χ2n) is 4.77. The van der Waals surface area contributed by atoms with E-state index in [1.54, 1.807) is 0 Å². The zero-order chi connectivity index (χ0) is 12.3. The lowest BCUT2D eigenvalue weighted by Gasteiger charge is -2.26. The standard InChI is InChI=1S/C14H16BrNS/c1-10-3-2-4-12(7-10)17-14-6-5-11(9-16)8-13(14)15/h5-6,8,10,12H,2-4,7H2,1H3. The van der Waals surface area contributed by atoms with Crippen molar-refractivity contribution >= 4 is 27.7 Å². The molecule has 2 atom stereocenters. The molecule has 1 fully saturated rings. The first-order chi connectivity index (χ1) is 8.19. The summed E-state index contributed by atoms with van der Waals surface area (Å²) in [6, 6.07) is 8.04. The highest BCUT2D eigenvalue weighted by Gasteiger charge is 2.20. The van der Waals surface area contributed by atoms with Crippen LogP contribution in [0.15, 0.2) is 27.6 Å². The Morgan fingerprint density at radius 1 is 1.41 bits per heavy atom. The molecule has 0 aliphatic heterocycles. The van der Waals surface area contributed by atoms with Crippen molar-refractivity contribution in [2.75, 3.05) is 0 Å². The lowest BCUT2D eigenvalue weighted by atomic mass is 9.91. The average Bonchev–Trinajstić information content (AvgIpc) is 2.32. The zero-order valence-corrected chi connectivity index (χ0v) is 12.4. The number of rotatable bonds is 2. The van der Waals surface area contributed by atoms with E-state index in [-0.39, 0.29) is 0 Å². The molecule has 0 bridgehead atoms. The van der Waals surface area contributed by atoms with Gasteiger partial charge in [0.1, 0.15) is 0 Å². The molecule has 1 aromatic carbocycles. The van der Waals surface area contributed by atoms with Gasteiger partial charge in [-0.25, -0.2) is 0 Å². The topological polar surface area (TPSA) is 23.8 Å². The molecule has 1 aromatic rings. The summed E-state index contributed by atoms with van der Waals surface area (Å²) in [6.07, 6.45) is 5.37. The molecule has 1 aliphatic rings. The van der Waals surface area contributed by atoms with Crippen LogP contribution in [0.5, 0.6) is 0 Å². The van der Waals surface area contributed by atoms with Crippen LogP contribution in [0.3, 0.4) is 0 Å². The first-order valence-electron chi connectivity index (χ1n) is 6.05. The van der Waals surface area contributed by atoms with Gasteiger partial charge >= 0.3 is 0 Å². The van der Waals surface area contributed by atoms with Crippen molar-refractivity contribution in [3.05, 3.63) is 28.2 Å². The molecule has 0 radical (unpaired) electrons. The van der Waals surface area contributed by atoms with Gasteiger partial charge in [0.05, 0.1) is 11.6 Å². The summed E-state index contributed by atoms with van der Waals surface area (Å²) in [5, 5.41) is 9.57. The maximum Gasteiger partial charge on any atom is 0.0992 e. The summed E-state index contributed by atoms with van der Waals surface area (Å²) in [5.41, 5.74) is 0.721. The molecule has 1 saturated carbocycles. The van der Waals surface area contributed by atoms with Gasteiger partial charge in [-0.1, -0.05) is 19.8 Å². The van der Waals surface area contributed by atoms with Crippen LogP contribution < -0.4 is 0 Å². The van der Waals surface area contributed by atoms with Crippen molar-refractivity contribution < 1.29 is 0 Å². The van der Waals surface area contributed by atoms with Gasteiger partial charge in [-0.05, 0) is 52.9 Å². The van der Waals surface area contributed by atoms with E-state index in [9.17, 15) is 0 Å². The van der Waals surface area contributed by atoms with Crippen molar-refractivity contribution in [1.82, 2.24) is 0 Å². The Hall–Kier alpha value is -0.460. The van der Waals surface area contributed by atoms with Gasteiger partial charge < -0.3 is 0 Å². The van der Waals surface area contributed by atoms with E-state index in [2.05, 4.69) is 35.0 Å². The molecule has 2 rings (SSSR count). The minimum Gasteiger partial charge on any atom is -0.192 e. The molecule has 0 spiro atoms. The molecule has 2 unspecified atom stereocenters. The highest BCUT2D eigenvalue weighted by atomic mass is 79.9. The summed E-state index contributed by atoms with van der Waals surface area (Å²) >= 11 is 5.52. The number of nitriles is 1. The van der Waals surface area contributed by atoms with Crippen LogP contribution in [0, 0.1) is 17.2 Å². The maximum absolute atomic E-state index is 8.83. The van der Waals surface area contributed by atoms with E-state index >= 15 is 0 Å². The van der Waals surface area contributed by atoms with E-state index in [1.807, 2.05) is 23.9 Å². The Bertz CT molecular complexity index is 438. The van der Waals surface area contributed by atoms with Gasteiger partial charge in [-0.15, -0.1) is 11.8 Å². The van der Waals surface area contributed by atoms with E-state index in [1.165, 1.54) is 30.6 Å². The smallest absolute Gasteiger partial charge is 0.0992 e. The van der Waals surface area contributed by atoms with E-state index in [0.717, 1.165) is 21.2 Å². The highest BCUT2D eigenvalue weighted by molar-refractivity contribution is 9.10. The molecule has 1 nitrogen and oxygen atoms in total. The fourth-order valence-corrected chi connectivity index (χ4v) is 4.38. The van der Waals surface area contributed by atoms with Crippen LogP contribution in [-0.2, 0) is 0 Å². The van der Waals surface area contributed by atoms with Crippen molar-refractivity contribution in [1.29, 1.82) is 5.26 Å². The van der Waals surface area contributed by atoms with E-state index < -0.39 is 0 Å². The normalized spacial score (nSPS) is 24.3. The molecule has 1 aliphatic carbocycles. The second kappa shape index (κ2) is 5.93. The molecule has 0 saturated heterocycles. The van der Waals surface area contributed by atoms with Gasteiger partial charge in [-0.2, -0.15) is 5.26 Å². The minimum atomic E-state index is 0.721. The molecule has 0 amide bonds. The lowest BCUT2D eigenvalue weighted by Crippen LogP contribution is -2.14. The van der Waals surface area contributed by atoms with Crippen LogP contribution in [0.1, 0.15) is 38.2 Å². The molecule has 0 aromatic heterocycles. The third-order valence-electron chi connectivity index (χ3n) is 3.24. The molecule has 0 heterocycles. The first kappa shape index (κ1) is 13.0. The molecule has 3 heteroatoms. The fraction of sp³-hybridized carbons (Fsp3) is 0.500. The Balaban J connectivity index is 2.06. The Morgan fingerprint density at radius 2 is 2.24 bits per heavy atom. The van der Waals surface area contributed by atoms with Crippen molar-refractivity contribution in [2.45, 2.75) is 42.8 Å². The number of benzene rings is 1. The third kappa shape index (κ3) is 3.50. The molecule has 17 heavy (non-hydrogen) atoms. The molecular formula is C14H16BrNS. The largest absolute Gasteiger partial charge is 0.192 e. The van der Waals surface area contributed by atoms with Gasteiger partial charge in [0.25, 0.3) is 0 Å². The third-order valence-corrected chi connectivity index (χ3v) is 5.53. The second-order valence-corrected chi connectivity index (χ2v) is 6.97. The summed E-state index contributed by atoms with van der Waals surface area (Å²) in [6.45, 7) is 2.35. The van der Waals surface area contributed by atoms with Gasteiger partial charge in [0, 0.05) is 14.6 Å². The first-order valence-corrected chi connectivity index (χ1v) is 7.72. The van der Waals surface area contributed by atoms with Crippen LogP contribution in [0.4, 0.5) is 0 Å². The van der Waals surface area contributed by atoms with Gasteiger partial charge in [-0.3, -0.25) is 0 Å². The van der Waals surface area contributed by atoms with Gasteiger partial charge in [0.2, 0.25) is 0 Å². The van der Waals surface area contributed by atoms with Gasteiger partial charge in [0.15, 0.2) is 0 Å². The van der Waals surface area contributed by atoms with Crippen LogP contribution in [0.2, 0.25) is 0 Å². The summed E-state index contributed by atoms with van der Waals surface area (Å²) in [4.78, 5) is 1.27. The van der Waals surface area contributed by atoms with Crippen molar-refractivity contribution in [3.63, 3.8) is 0 Å². The number of hydrogen-bond acceptors (Lipinski definition) is 2. The predicted octanol–water partition coefficient (Wildman–Crippen LogP) is 4.99. The number of nitrogens with zero attached hydrogens (tertiary/aromatic N) is 1. The Labute approximate surface area is 116 Å². The quantitative estimate of drug-likeness (QED) is 0.768. The number of hydrogen-bond donors (Lipinski definition) is 0. The maximum atomic E-state index is 8.83. The molecule has 0 N–H and O–H groups in total. The fourth-order valence-electron chi connectivity index (χ4n) is 2.33. The average molecular weight is 310 g/mol. The molecular weight excluding hydrogens is 294 g/mol. The highest BCUT2D eigenvalue weighted by Crippen LogP contribution is 2.39. The van der Waals surface area contributed by atoms with E-state index in [0.29, 0.717) is 0 Å². The Kier molecular flexibility index (Phi) is 4.53. The predicted molar refractivity (Wildman–Crippen MR) is 76.1 cm³/mol. The zero-order valence-electron chi connectivity index (χ0n) is 9.95. The SMILES string of the molecule is CC1CCCC(Sc2ccc(C#N)cc2Br)C1. The van der Waals surface area contributed by atoms with Crippen LogP contribution >= 0.6 is 27.7 Å². The van der Waals surface area contributed by atoms with E-state index in [4.69, 9.17) is 5.26 Å². The minimum absolute atomic E-state index is 0.721. The van der Waals surface area contributed by atoms with Crippen molar-refractivity contribution in [2.24, 2.45) is 5.92 Å². The van der Waals surface area contributed by atoms with Crippen molar-refractivity contribution in [3.8, 4) is 6.07 Å². The number of thioether (sulfide) groups is 1. The molecule has 90 valence electrons. The van der Waals surface area contributed by atoms with Crippen LogP contribution in [0.25, 0.3) is 0 Å². The number of halogens is 1. The summed E-state index contributed by atoms with van der Waals surface area (Å²) in [7, 11) is 0. The summed E-state index contributed by atoms with van der Waals surface area (Å²) < 4.78 is 1.06. The monoisotopic (exact) mass is 309 g/mol. The Morgan fingerprint density at radius 3 is 2.88 bits per heavy atom.